The molecular weight excluding hydrogens is 298 g/mol. The number of aliphatic carboxylic acids is 1. The van der Waals surface area contributed by atoms with Crippen LogP contribution in [0.2, 0.25) is 0 Å². The Kier molecular flexibility index (Phi) is 4.44. The van der Waals surface area contributed by atoms with E-state index in [4.69, 9.17) is 9.52 Å². The lowest BCUT2D eigenvalue weighted by molar-refractivity contribution is -0.136. The standard InChI is InChI=1S/C12H15N3O3S2/c1-12(2,3)10-15-14-8(18-10)6-20-11-13-7(5-19-11)4-9(16)17/h5H,4,6H2,1-3H3,(H,16,17). The number of hydrogen-bond donors (Lipinski definition) is 1. The van der Waals surface area contributed by atoms with Crippen LogP contribution < -0.4 is 0 Å². The molecule has 0 unspecified atom stereocenters. The number of carbonyl (C=O) groups is 1. The van der Waals surface area contributed by atoms with Gasteiger partial charge in [-0.3, -0.25) is 4.79 Å². The van der Waals surface area contributed by atoms with Gasteiger partial charge in [-0.2, -0.15) is 0 Å². The lowest BCUT2D eigenvalue weighted by Gasteiger charge is -2.10. The van der Waals surface area contributed by atoms with Gasteiger partial charge in [0.25, 0.3) is 0 Å². The number of carboxylic acids is 1. The molecule has 2 rings (SSSR count). The molecule has 2 aromatic heterocycles. The van der Waals surface area contributed by atoms with Crippen molar-refractivity contribution in [2.45, 2.75) is 42.7 Å². The minimum atomic E-state index is -0.876. The molecule has 20 heavy (non-hydrogen) atoms. The normalized spacial score (nSPS) is 11.8. The Bertz CT molecular complexity index is 601. The van der Waals surface area contributed by atoms with E-state index in [-0.39, 0.29) is 11.8 Å². The van der Waals surface area contributed by atoms with E-state index in [2.05, 4.69) is 15.2 Å². The summed E-state index contributed by atoms with van der Waals surface area (Å²) in [5.41, 5.74) is 0.414. The minimum Gasteiger partial charge on any atom is -0.481 e. The van der Waals surface area contributed by atoms with Gasteiger partial charge in [0.1, 0.15) is 0 Å². The largest absolute Gasteiger partial charge is 0.481 e. The van der Waals surface area contributed by atoms with Gasteiger partial charge in [-0.25, -0.2) is 4.98 Å². The first-order valence-corrected chi connectivity index (χ1v) is 7.83. The summed E-state index contributed by atoms with van der Waals surface area (Å²) in [5.74, 6) is 0.815. The van der Waals surface area contributed by atoms with Crippen LogP contribution in [0.15, 0.2) is 14.1 Å². The molecule has 2 heterocycles. The van der Waals surface area contributed by atoms with Crippen molar-refractivity contribution in [3.8, 4) is 0 Å². The molecule has 0 radical (unpaired) electrons. The maximum atomic E-state index is 10.6. The highest BCUT2D eigenvalue weighted by molar-refractivity contribution is 8.00. The van der Waals surface area contributed by atoms with Crippen LogP contribution in [-0.4, -0.2) is 26.3 Å². The SMILES string of the molecule is CC(C)(C)c1nnc(CSc2nc(CC(=O)O)cs2)o1. The Balaban J connectivity index is 1.93. The van der Waals surface area contributed by atoms with Gasteiger partial charge in [0.05, 0.1) is 17.9 Å². The van der Waals surface area contributed by atoms with Crippen LogP contribution in [0.3, 0.4) is 0 Å². The Hall–Kier alpha value is -1.41. The fourth-order valence-electron chi connectivity index (χ4n) is 1.33. The van der Waals surface area contributed by atoms with Crippen LogP contribution in [0.5, 0.6) is 0 Å². The van der Waals surface area contributed by atoms with Crippen molar-refractivity contribution >= 4 is 29.1 Å². The lowest BCUT2D eigenvalue weighted by atomic mass is 9.97. The number of thiazole rings is 1. The number of aromatic nitrogens is 3. The average Bonchev–Trinajstić information content (AvgIpc) is 2.93. The van der Waals surface area contributed by atoms with Crippen LogP contribution in [-0.2, 0) is 22.4 Å². The highest BCUT2D eigenvalue weighted by Crippen LogP contribution is 2.27. The van der Waals surface area contributed by atoms with Crippen molar-refractivity contribution in [2.75, 3.05) is 0 Å². The molecule has 0 aliphatic carbocycles. The average molecular weight is 313 g/mol. The summed E-state index contributed by atoms with van der Waals surface area (Å²) in [6.07, 6.45) is -0.0498. The van der Waals surface area contributed by atoms with Gasteiger partial charge in [0, 0.05) is 10.8 Å². The third-order valence-electron chi connectivity index (χ3n) is 2.29. The molecule has 0 spiro atoms. The van der Waals surface area contributed by atoms with Crippen molar-refractivity contribution in [2.24, 2.45) is 0 Å². The van der Waals surface area contributed by atoms with Gasteiger partial charge in [-0.15, -0.1) is 21.5 Å². The smallest absolute Gasteiger partial charge is 0.309 e. The van der Waals surface area contributed by atoms with E-state index in [9.17, 15) is 4.79 Å². The van der Waals surface area contributed by atoms with E-state index < -0.39 is 5.97 Å². The van der Waals surface area contributed by atoms with Gasteiger partial charge in [-0.05, 0) is 0 Å². The number of thioether (sulfide) groups is 1. The molecule has 0 fully saturated rings. The fourth-order valence-corrected chi connectivity index (χ4v) is 3.01. The maximum Gasteiger partial charge on any atom is 0.309 e. The number of rotatable bonds is 5. The summed E-state index contributed by atoms with van der Waals surface area (Å²) in [4.78, 5) is 14.8. The minimum absolute atomic E-state index is 0.0498. The number of nitrogens with zero attached hydrogens (tertiary/aromatic N) is 3. The zero-order valence-corrected chi connectivity index (χ0v) is 13.0. The molecular formula is C12H15N3O3S2. The molecule has 0 aliphatic heterocycles. The summed E-state index contributed by atoms with van der Waals surface area (Å²) in [5, 5.41) is 18.5. The summed E-state index contributed by atoms with van der Waals surface area (Å²) >= 11 is 2.89. The maximum absolute atomic E-state index is 10.6. The molecule has 0 aromatic carbocycles. The van der Waals surface area contributed by atoms with Crippen molar-refractivity contribution in [1.82, 2.24) is 15.2 Å². The van der Waals surface area contributed by atoms with Gasteiger partial charge in [0.15, 0.2) is 4.34 Å². The first-order chi connectivity index (χ1) is 9.34. The van der Waals surface area contributed by atoms with Crippen LogP contribution in [0.1, 0.15) is 38.2 Å². The second-order valence-corrected chi connectivity index (χ2v) is 7.30. The van der Waals surface area contributed by atoms with E-state index in [1.165, 1.54) is 23.1 Å². The topological polar surface area (TPSA) is 89.1 Å². The van der Waals surface area contributed by atoms with E-state index in [1.54, 1.807) is 5.38 Å². The van der Waals surface area contributed by atoms with Gasteiger partial charge in [0.2, 0.25) is 11.8 Å². The molecule has 0 bridgehead atoms. The Morgan fingerprint density at radius 2 is 2.20 bits per heavy atom. The molecule has 6 nitrogen and oxygen atoms in total. The highest BCUT2D eigenvalue weighted by atomic mass is 32.2. The Morgan fingerprint density at radius 1 is 1.45 bits per heavy atom. The second kappa shape index (κ2) is 5.92. The van der Waals surface area contributed by atoms with Crippen LogP contribution in [0, 0.1) is 0 Å². The molecule has 2 aromatic rings. The molecule has 0 aliphatic rings. The zero-order valence-electron chi connectivity index (χ0n) is 11.4. The summed E-state index contributed by atoms with van der Waals surface area (Å²) in [6.45, 7) is 6.03. The monoisotopic (exact) mass is 313 g/mol. The van der Waals surface area contributed by atoms with Crippen LogP contribution >= 0.6 is 23.1 Å². The fraction of sp³-hybridized carbons (Fsp3) is 0.500. The van der Waals surface area contributed by atoms with Crippen molar-refractivity contribution in [3.63, 3.8) is 0 Å². The van der Waals surface area contributed by atoms with Gasteiger partial charge < -0.3 is 9.52 Å². The first-order valence-electron chi connectivity index (χ1n) is 5.96. The zero-order chi connectivity index (χ0) is 14.8. The Labute approximate surface area is 124 Å². The number of carboxylic acid groups (broad SMARTS) is 1. The second-order valence-electron chi connectivity index (χ2n) is 5.21. The Morgan fingerprint density at radius 3 is 2.80 bits per heavy atom. The van der Waals surface area contributed by atoms with E-state index in [0.717, 1.165) is 4.34 Å². The molecule has 108 valence electrons. The van der Waals surface area contributed by atoms with Crippen LogP contribution in [0.25, 0.3) is 0 Å². The third-order valence-corrected chi connectivity index (χ3v) is 4.35. The van der Waals surface area contributed by atoms with Crippen molar-refractivity contribution < 1.29 is 14.3 Å². The molecule has 0 saturated heterocycles. The van der Waals surface area contributed by atoms with Gasteiger partial charge >= 0.3 is 5.97 Å². The molecule has 0 atom stereocenters. The molecule has 8 heteroatoms. The molecule has 0 saturated carbocycles. The lowest BCUT2D eigenvalue weighted by Crippen LogP contribution is -2.11. The van der Waals surface area contributed by atoms with E-state index in [1.807, 2.05) is 20.8 Å². The third kappa shape index (κ3) is 4.04. The molecule has 0 amide bonds. The summed E-state index contributed by atoms with van der Waals surface area (Å²) in [7, 11) is 0. The molecule has 1 N–H and O–H groups in total. The number of hydrogen-bond acceptors (Lipinski definition) is 7. The van der Waals surface area contributed by atoms with Crippen molar-refractivity contribution in [1.29, 1.82) is 0 Å². The highest BCUT2D eigenvalue weighted by Gasteiger charge is 2.21. The first kappa shape index (κ1) is 15.0. The van der Waals surface area contributed by atoms with E-state index >= 15 is 0 Å². The van der Waals surface area contributed by atoms with Gasteiger partial charge in [-0.1, -0.05) is 32.5 Å². The summed E-state index contributed by atoms with van der Waals surface area (Å²) < 4.78 is 6.38. The van der Waals surface area contributed by atoms with Crippen molar-refractivity contribution in [3.05, 3.63) is 22.9 Å². The predicted molar refractivity (Wildman–Crippen MR) is 76.0 cm³/mol. The summed E-state index contributed by atoms with van der Waals surface area (Å²) in [6, 6.07) is 0. The predicted octanol–water partition coefficient (Wildman–Crippen LogP) is 2.74. The van der Waals surface area contributed by atoms with Crippen LogP contribution in [0.4, 0.5) is 0 Å². The van der Waals surface area contributed by atoms with E-state index in [0.29, 0.717) is 23.2 Å². The quantitative estimate of drug-likeness (QED) is 0.849.